The van der Waals surface area contributed by atoms with Crippen LogP contribution in [-0.4, -0.2) is 15.3 Å². The highest BCUT2D eigenvalue weighted by atomic mass is 79.9. The number of rotatable bonds is 0. The van der Waals surface area contributed by atoms with E-state index in [1.807, 2.05) is 0 Å². The second-order valence-electron chi connectivity index (χ2n) is 4.58. The molecule has 2 aromatic heterocycles. The normalized spacial score (nSPS) is 14.0. The number of hydrogen-bond acceptors (Lipinski definition) is 5. The summed E-state index contributed by atoms with van der Waals surface area (Å²) in [6, 6.07) is 3.43. The summed E-state index contributed by atoms with van der Waals surface area (Å²) >= 11 is 8.19. The Hall–Kier alpha value is -1.12. The maximum Gasteiger partial charge on any atom is 0.269 e. The zero-order chi connectivity index (χ0) is 14.7. The van der Waals surface area contributed by atoms with Crippen LogP contribution in [0.5, 0.6) is 0 Å². The molecule has 3 aromatic rings. The van der Waals surface area contributed by atoms with Crippen molar-refractivity contribution in [2.75, 3.05) is 5.75 Å². The highest BCUT2D eigenvalue weighted by Gasteiger charge is 2.21. The molecule has 0 saturated carbocycles. The van der Waals surface area contributed by atoms with Crippen LogP contribution in [0.3, 0.4) is 0 Å². The third-order valence-corrected chi connectivity index (χ3v) is 5.33. The molecule has 0 atom stereocenters. The number of hydrogen-bond donors (Lipinski definition) is 0. The summed E-state index contributed by atoms with van der Waals surface area (Å²) in [7, 11) is 0. The minimum atomic E-state index is -0.349. The average molecular weight is 430 g/mol. The van der Waals surface area contributed by atoms with Gasteiger partial charge in [-0.1, -0.05) is 27.7 Å². The molecule has 0 aliphatic carbocycles. The first-order valence-electron chi connectivity index (χ1n) is 6.05. The van der Waals surface area contributed by atoms with Gasteiger partial charge in [0.2, 0.25) is 11.1 Å². The van der Waals surface area contributed by atoms with Gasteiger partial charge in [0.1, 0.15) is 0 Å². The van der Waals surface area contributed by atoms with Gasteiger partial charge >= 0.3 is 0 Å². The molecule has 5 nitrogen and oxygen atoms in total. The van der Waals surface area contributed by atoms with Crippen molar-refractivity contribution in [3.05, 3.63) is 41.7 Å². The van der Waals surface area contributed by atoms with Crippen molar-refractivity contribution in [1.29, 1.82) is 0 Å². The Morgan fingerprint density at radius 1 is 1.29 bits per heavy atom. The van der Waals surface area contributed by atoms with Crippen LogP contribution in [0.15, 0.2) is 40.2 Å². The van der Waals surface area contributed by atoms with Crippen LogP contribution in [0, 0.1) is 0 Å². The first kappa shape index (κ1) is 13.5. The molecule has 0 amide bonds. The van der Waals surface area contributed by atoms with Crippen LogP contribution in [-0.2, 0) is 6.54 Å². The largest absolute Gasteiger partial charge is 0.436 e. The van der Waals surface area contributed by atoms with Crippen molar-refractivity contribution in [2.24, 2.45) is 0 Å². The quantitative estimate of drug-likeness (QED) is 0.405. The molecule has 0 N–H and O–H groups in total. The molecular weight excluding hydrogens is 424 g/mol. The van der Waals surface area contributed by atoms with Gasteiger partial charge in [-0.15, -0.1) is 0 Å². The van der Waals surface area contributed by atoms with Gasteiger partial charge in [-0.25, -0.2) is 0 Å². The fourth-order valence-electron chi connectivity index (χ4n) is 2.38. The second-order valence-corrected chi connectivity index (χ2v) is 7.41. The van der Waals surface area contributed by atoms with Crippen LogP contribution in [0.4, 0.5) is 0 Å². The molecule has 0 spiro atoms. The topological polar surface area (TPSA) is 65.1 Å². The Balaban J connectivity index is 2.29. The van der Waals surface area contributed by atoms with Crippen molar-refractivity contribution >= 4 is 65.7 Å². The smallest absolute Gasteiger partial charge is 0.269 e. The summed E-state index contributed by atoms with van der Waals surface area (Å²) in [5.41, 5.74) is -0.179. The van der Waals surface area contributed by atoms with Gasteiger partial charge in [0.15, 0.2) is 16.1 Å². The first-order valence-corrected chi connectivity index (χ1v) is 8.62. The van der Waals surface area contributed by atoms with Crippen LogP contribution in [0.2, 0.25) is 0 Å². The van der Waals surface area contributed by atoms with Gasteiger partial charge in [0, 0.05) is 16.8 Å². The Morgan fingerprint density at radius 3 is 2.90 bits per heavy atom. The molecule has 1 aliphatic heterocycles. The molecule has 1 aromatic carbocycles. The molecule has 4 rings (SSSR count). The van der Waals surface area contributed by atoms with Crippen LogP contribution in [0.1, 0.15) is 0 Å². The summed E-state index contributed by atoms with van der Waals surface area (Å²) < 4.78 is 8.62. The molecule has 21 heavy (non-hydrogen) atoms. The van der Waals surface area contributed by atoms with E-state index in [1.54, 1.807) is 12.1 Å². The third-order valence-electron chi connectivity index (χ3n) is 3.33. The third kappa shape index (κ3) is 1.92. The summed E-state index contributed by atoms with van der Waals surface area (Å²) in [4.78, 5) is 29.4. The number of thioether (sulfide) groups is 1. The van der Waals surface area contributed by atoms with E-state index in [1.165, 1.54) is 16.3 Å². The zero-order valence-electron chi connectivity index (χ0n) is 10.4. The predicted molar refractivity (Wildman–Crippen MR) is 88.2 cm³/mol. The molecule has 0 radical (unpaired) electrons. The molecule has 1 aliphatic rings. The molecule has 0 fully saturated rings. The fraction of sp³-hybridized carbons (Fsp3) is 0.154. The predicted octanol–water partition coefficient (Wildman–Crippen LogP) is 3.13. The van der Waals surface area contributed by atoms with Gasteiger partial charge in [-0.05, 0) is 28.1 Å². The monoisotopic (exact) mass is 428 g/mol. The minimum Gasteiger partial charge on any atom is -0.436 e. The fourth-order valence-corrected chi connectivity index (χ4v) is 4.62. The van der Waals surface area contributed by atoms with Crippen LogP contribution < -0.4 is 11.0 Å². The number of aromatic nitrogens is 2. The van der Waals surface area contributed by atoms with Gasteiger partial charge in [0.05, 0.1) is 9.86 Å². The maximum absolute atomic E-state index is 12.7. The summed E-state index contributed by atoms with van der Waals surface area (Å²) in [6.07, 6.45) is 0. The molecular formula is C13H6Br2N2O3S. The highest BCUT2D eigenvalue weighted by molar-refractivity contribution is 9.11. The van der Waals surface area contributed by atoms with Gasteiger partial charge in [0.25, 0.3) is 5.56 Å². The lowest BCUT2D eigenvalue weighted by Gasteiger charge is -2.06. The molecule has 106 valence electrons. The van der Waals surface area contributed by atoms with Crippen molar-refractivity contribution in [3.63, 3.8) is 0 Å². The van der Waals surface area contributed by atoms with Crippen LogP contribution in [0.25, 0.3) is 22.1 Å². The molecule has 0 saturated heterocycles. The van der Waals surface area contributed by atoms with Crippen molar-refractivity contribution < 1.29 is 4.42 Å². The minimum absolute atomic E-state index is 0.0127. The van der Waals surface area contributed by atoms with E-state index in [0.717, 1.165) is 10.2 Å². The Kier molecular flexibility index (Phi) is 3.02. The lowest BCUT2D eigenvalue weighted by Crippen LogP contribution is -2.25. The Labute approximate surface area is 138 Å². The zero-order valence-corrected chi connectivity index (χ0v) is 14.3. The highest BCUT2D eigenvalue weighted by Crippen LogP contribution is 2.29. The van der Waals surface area contributed by atoms with Crippen LogP contribution >= 0.6 is 43.6 Å². The van der Waals surface area contributed by atoms with E-state index in [4.69, 9.17) is 4.42 Å². The lowest BCUT2D eigenvalue weighted by atomic mass is 10.2. The molecule has 0 unspecified atom stereocenters. The lowest BCUT2D eigenvalue weighted by molar-refractivity contribution is 0.604. The number of fused-ring (bicyclic) bond motifs is 3. The van der Waals surface area contributed by atoms with Crippen molar-refractivity contribution in [1.82, 2.24) is 9.55 Å². The molecule has 8 heteroatoms. The van der Waals surface area contributed by atoms with E-state index in [0.29, 0.717) is 27.1 Å². The van der Waals surface area contributed by atoms with Gasteiger partial charge < -0.3 is 4.42 Å². The molecule has 0 bridgehead atoms. The first-order chi connectivity index (χ1) is 10.1. The van der Waals surface area contributed by atoms with Gasteiger partial charge in [-0.3, -0.25) is 14.2 Å². The maximum atomic E-state index is 12.7. The summed E-state index contributed by atoms with van der Waals surface area (Å²) in [5, 5.41) is 0.968. The van der Waals surface area contributed by atoms with Gasteiger partial charge in [-0.2, -0.15) is 4.98 Å². The van der Waals surface area contributed by atoms with E-state index in [9.17, 15) is 9.59 Å². The number of nitrogens with zero attached hydrogens (tertiary/aromatic N) is 2. The van der Waals surface area contributed by atoms with E-state index in [-0.39, 0.29) is 22.1 Å². The Morgan fingerprint density at radius 2 is 2.10 bits per heavy atom. The number of halogens is 2. The summed E-state index contributed by atoms with van der Waals surface area (Å²) in [5.74, 6) is 0.779. The van der Waals surface area contributed by atoms with Crippen molar-refractivity contribution in [3.8, 4) is 0 Å². The van der Waals surface area contributed by atoms with E-state index in [2.05, 4.69) is 36.8 Å². The molecule has 3 heterocycles. The SMILES string of the molecule is O=c1c2cc(Br)cc(Br)c2oc2nc3n(c(=O)c12)CCS3. The second kappa shape index (κ2) is 4.69. The number of benzene rings is 1. The Bertz CT molecular complexity index is 1040. The van der Waals surface area contributed by atoms with E-state index >= 15 is 0 Å². The average Bonchev–Trinajstić information content (AvgIpc) is 2.89. The van der Waals surface area contributed by atoms with Crippen molar-refractivity contribution in [2.45, 2.75) is 11.7 Å². The summed E-state index contributed by atoms with van der Waals surface area (Å²) in [6.45, 7) is 0.571. The van der Waals surface area contributed by atoms with E-state index < -0.39 is 0 Å². The standard InChI is InChI=1S/C13H6Br2N2O3S/c14-5-3-6-9(18)8-11(20-10(6)7(15)4-5)16-13-17(12(8)19)1-2-21-13/h3-4H,1-2H2.